The average Bonchev–Trinajstić information content (AvgIpc) is 2.76. The SMILES string of the molecule is CCC(C)n1ccc(CN(C)CC(C)CNC)n1. The summed E-state index contributed by atoms with van der Waals surface area (Å²) in [6.07, 6.45) is 3.21. The molecular formula is C14H28N4. The molecule has 4 nitrogen and oxygen atoms in total. The minimum Gasteiger partial charge on any atom is -0.319 e. The first-order chi connectivity index (χ1) is 8.56. The Kier molecular flexibility index (Phi) is 6.36. The quantitative estimate of drug-likeness (QED) is 0.769. The van der Waals surface area contributed by atoms with Crippen molar-refractivity contribution in [3.05, 3.63) is 18.0 Å². The van der Waals surface area contributed by atoms with Gasteiger partial charge in [-0.15, -0.1) is 0 Å². The summed E-state index contributed by atoms with van der Waals surface area (Å²) in [5, 5.41) is 7.85. The van der Waals surface area contributed by atoms with Gasteiger partial charge in [0.1, 0.15) is 0 Å². The van der Waals surface area contributed by atoms with E-state index in [-0.39, 0.29) is 0 Å². The van der Waals surface area contributed by atoms with Gasteiger partial charge in [-0.3, -0.25) is 4.68 Å². The molecule has 1 rings (SSSR count). The Morgan fingerprint density at radius 2 is 2.17 bits per heavy atom. The van der Waals surface area contributed by atoms with E-state index >= 15 is 0 Å². The summed E-state index contributed by atoms with van der Waals surface area (Å²) in [5.74, 6) is 0.664. The molecular weight excluding hydrogens is 224 g/mol. The first-order valence-electron chi connectivity index (χ1n) is 6.94. The van der Waals surface area contributed by atoms with Crippen molar-refractivity contribution in [1.82, 2.24) is 20.0 Å². The van der Waals surface area contributed by atoms with E-state index in [4.69, 9.17) is 0 Å². The lowest BCUT2D eigenvalue weighted by molar-refractivity contribution is 0.272. The van der Waals surface area contributed by atoms with E-state index in [1.54, 1.807) is 0 Å². The van der Waals surface area contributed by atoms with E-state index in [1.165, 1.54) is 0 Å². The summed E-state index contributed by atoms with van der Waals surface area (Å²) in [4.78, 5) is 2.34. The molecule has 1 aromatic rings. The Hall–Kier alpha value is -0.870. The van der Waals surface area contributed by atoms with Crippen molar-refractivity contribution in [1.29, 1.82) is 0 Å². The van der Waals surface area contributed by atoms with Crippen LogP contribution in [0.2, 0.25) is 0 Å². The lowest BCUT2D eigenvalue weighted by Gasteiger charge is -2.20. The van der Waals surface area contributed by atoms with Gasteiger partial charge in [0.2, 0.25) is 0 Å². The third-order valence-electron chi connectivity index (χ3n) is 3.31. The fourth-order valence-corrected chi connectivity index (χ4v) is 2.18. The zero-order chi connectivity index (χ0) is 13.5. The normalized spacial score (nSPS) is 15.0. The zero-order valence-corrected chi connectivity index (χ0v) is 12.5. The molecule has 0 aliphatic carbocycles. The first-order valence-corrected chi connectivity index (χ1v) is 6.94. The second kappa shape index (κ2) is 7.54. The molecule has 2 atom stereocenters. The zero-order valence-electron chi connectivity index (χ0n) is 12.5. The summed E-state index contributed by atoms with van der Waals surface area (Å²) in [5.41, 5.74) is 1.16. The highest BCUT2D eigenvalue weighted by molar-refractivity contribution is 4.99. The highest BCUT2D eigenvalue weighted by Crippen LogP contribution is 2.10. The van der Waals surface area contributed by atoms with Gasteiger partial charge in [0.05, 0.1) is 5.69 Å². The maximum atomic E-state index is 4.63. The van der Waals surface area contributed by atoms with E-state index < -0.39 is 0 Å². The standard InChI is InChI=1S/C14H28N4/c1-6-13(3)18-8-7-14(16-18)11-17(5)10-12(2)9-15-4/h7-8,12-13,15H,6,9-11H2,1-5H3. The van der Waals surface area contributed by atoms with Gasteiger partial charge in [0.15, 0.2) is 0 Å². The van der Waals surface area contributed by atoms with Crippen molar-refractivity contribution in [2.45, 2.75) is 39.8 Å². The molecule has 18 heavy (non-hydrogen) atoms. The second-order valence-corrected chi connectivity index (χ2v) is 5.40. The largest absolute Gasteiger partial charge is 0.319 e. The van der Waals surface area contributed by atoms with Crippen LogP contribution in [0.5, 0.6) is 0 Å². The lowest BCUT2D eigenvalue weighted by atomic mass is 10.1. The molecule has 0 aromatic carbocycles. The van der Waals surface area contributed by atoms with Crippen molar-refractivity contribution in [2.24, 2.45) is 5.92 Å². The Balaban J connectivity index is 2.44. The van der Waals surface area contributed by atoms with Gasteiger partial charge in [-0.2, -0.15) is 5.10 Å². The van der Waals surface area contributed by atoms with Gasteiger partial charge < -0.3 is 10.2 Å². The van der Waals surface area contributed by atoms with Gasteiger partial charge in [-0.05, 0) is 46.0 Å². The van der Waals surface area contributed by atoms with Gasteiger partial charge in [-0.1, -0.05) is 13.8 Å². The van der Waals surface area contributed by atoms with Crippen LogP contribution in [0.15, 0.2) is 12.3 Å². The Morgan fingerprint density at radius 1 is 1.44 bits per heavy atom. The molecule has 1 aromatic heterocycles. The molecule has 0 bridgehead atoms. The van der Waals surface area contributed by atoms with Gasteiger partial charge in [-0.25, -0.2) is 0 Å². The van der Waals surface area contributed by atoms with Crippen LogP contribution >= 0.6 is 0 Å². The van der Waals surface area contributed by atoms with Crippen LogP contribution in [0, 0.1) is 5.92 Å². The summed E-state index contributed by atoms with van der Waals surface area (Å²) < 4.78 is 2.07. The van der Waals surface area contributed by atoms with Crippen LogP contribution in [-0.2, 0) is 6.54 Å². The maximum Gasteiger partial charge on any atom is 0.0764 e. The molecule has 0 fully saturated rings. The summed E-state index contributed by atoms with van der Waals surface area (Å²) in [6, 6.07) is 2.62. The van der Waals surface area contributed by atoms with E-state index in [1.807, 2.05) is 7.05 Å². The van der Waals surface area contributed by atoms with Crippen molar-refractivity contribution in [3.8, 4) is 0 Å². The molecule has 0 amide bonds. The number of nitrogens with zero attached hydrogens (tertiary/aromatic N) is 3. The molecule has 0 spiro atoms. The number of rotatable bonds is 8. The van der Waals surface area contributed by atoms with E-state index in [2.05, 4.69) is 60.1 Å². The Morgan fingerprint density at radius 3 is 2.78 bits per heavy atom. The molecule has 2 unspecified atom stereocenters. The predicted molar refractivity (Wildman–Crippen MR) is 76.7 cm³/mol. The minimum absolute atomic E-state index is 0.493. The number of nitrogens with one attached hydrogen (secondary N) is 1. The van der Waals surface area contributed by atoms with E-state index in [9.17, 15) is 0 Å². The number of hydrogen-bond acceptors (Lipinski definition) is 3. The lowest BCUT2D eigenvalue weighted by Crippen LogP contribution is -2.29. The third-order valence-corrected chi connectivity index (χ3v) is 3.31. The number of aromatic nitrogens is 2. The topological polar surface area (TPSA) is 33.1 Å². The Labute approximate surface area is 111 Å². The monoisotopic (exact) mass is 252 g/mol. The third kappa shape index (κ3) is 4.78. The van der Waals surface area contributed by atoms with Crippen molar-refractivity contribution in [2.75, 3.05) is 27.2 Å². The van der Waals surface area contributed by atoms with Gasteiger partial charge >= 0.3 is 0 Å². The molecule has 0 radical (unpaired) electrons. The van der Waals surface area contributed by atoms with Gasteiger partial charge in [0, 0.05) is 25.3 Å². The smallest absolute Gasteiger partial charge is 0.0764 e. The van der Waals surface area contributed by atoms with Gasteiger partial charge in [0.25, 0.3) is 0 Å². The second-order valence-electron chi connectivity index (χ2n) is 5.40. The molecule has 0 saturated carbocycles. The van der Waals surface area contributed by atoms with E-state index in [0.29, 0.717) is 12.0 Å². The summed E-state index contributed by atoms with van der Waals surface area (Å²) >= 11 is 0. The van der Waals surface area contributed by atoms with Crippen molar-refractivity contribution in [3.63, 3.8) is 0 Å². The summed E-state index contributed by atoms with van der Waals surface area (Å²) in [7, 11) is 4.17. The molecule has 1 heterocycles. The first kappa shape index (κ1) is 15.2. The minimum atomic E-state index is 0.493. The fourth-order valence-electron chi connectivity index (χ4n) is 2.18. The Bertz CT molecular complexity index is 334. The van der Waals surface area contributed by atoms with Crippen LogP contribution in [0.1, 0.15) is 38.9 Å². The molecule has 104 valence electrons. The fraction of sp³-hybridized carbons (Fsp3) is 0.786. The van der Waals surface area contributed by atoms with Crippen LogP contribution < -0.4 is 5.32 Å². The van der Waals surface area contributed by atoms with Crippen LogP contribution in [0.25, 0.3) is 0 Å². The average molecular weight is 252 g/mol. The molecule has 0 aliphatic rings. The van der Waals surface area contributed by atoms with Crippen LogP contribution in [0.4, 0.5) is 0 Å². The molecule has 0 saturated heterocycles. The van der Waals surface area contributed by atoms with Crippen LogP contribution in [-0.4, -0.2) is 41.9 Å². The van der Waals surface area contributed by atoms with Crippen molar-refractivity contribution >= 4 is 0 Å². The predicted octanol–water partition coefficient (Wildman–Crippen LogP) is 2.14. The summed E-state index contributed by atoms with van der Waals surface area (Å²) in [6.45, 7) is 9.75. The highest BCUT2D eigenvalue weighted by atomic mass is 15.3. The maximum absolute atomic E-state index is 4.63. The number of hydrogen-bond donors (Lipinski definition) is 1. The van der Waals surface area contributed by atoms with E-state index in [0.717, 1.165) is 31.7 Å². The highest BCUT2D eigenvalue weighted by Gasteiger charge is 2.09. The molecule has 4 heteroatoms. The molecule has 0 aliphatic heterocycles. The van der Waals surface area contributed by atoms with Crippen LogP contribution in [0.3, 0.4) is 0 Å². The molecule has 1 N–H and O–H groups in total. The van der Waals surface area contributed by atoms with Crippen molar-refractivity contribution < 1.29 is 0 Å².